The van der Waals surface area contributed by atoms with Crippen molar-refractivity contribution in [3.8, 4) is 0 Å². The van der Waals surface area contributed by atoms with Crippen LogP contribution in [0.15, 0.2) is 51.1 Å². The molecule has 2 aromatic heterocycles. The van der Waals surface area contributed by atoms with Crippen molar-refractivity contribution < 1.29 is 14.1 Å². The molecule has 0 aliphatic heterocycles. The van der Waals surface area contributed by atoms with Crippen LogP contribution in [-0.4, -0.2) is 37.7 Å². The molecule has 1 amide bonds. The highest BCUT2D eigenvalue weighted by atomic mass is 32.2. The third-order valence-electron chi connectivity index (χ3n) is 3.46. The number of hydrogen-bond acceptors (Lipinski definition) is 10. The van der Waals surface area contributed by atoms with Crippen molar-refractivity contribution in [1.29, 1.82) is 0 Å². The number of nitrogen functional groups attached to an aromatic ring is 1. The first kappa shape index (κ1) is 19.9. The van der Waals surface area contributed by atoms with E-state index in [0.29, 0.717) is 11.4 Å². The number of aryl methyl sites for hydroxylation is 1. The molecule has 2 heterocycles. The van der Waals surface area contributed by atoms with E-state index in [2.05, 4.69) is 26.0 Å². The second-order valence-corrected chi connectivity index (χ2v) is 6.58. The quantitative estimate of drug-likeness (QED) is 0.163. The zero-order chi connectivity index (χ0) is 20.8. The number of nitrogens with one attached hydrogen (secondary N) is 2. The standard InChI is InChI=1S/C16H16N8O4S/c1-10-5-6-13(28-10)8-18-20-15-21-22-16(23(15)17)29-9-14(25)19-11-3-2-4-12(7-11)24(26)27/h2-8H,9,17H2,1H3,(H,19,25)(H,20,21)/b18-8+. The van der Waals surface area contributed by atoms with Gasteiger partial charge in [-0.3, -0.25) is 14.9 Å². The van der Waals surface area contributed by atoms with Crippen LogP contribution in [-0.2, 0) is 4.79 Å². The molecule has 0 radical (unpaired) electrons. The average Bonchev–Trinajstić information content (AvgIpc) is 3.26. The largest absolute Gasteiger partial charge is 0.460 e. The number of amides is 1. The van der Waals surface area contributed by atoms with E-state index < -0.39 is 4.92 Å². The maximum Gasteiger partial charge on any atom is 0.271 e. The molecule has 0 saturated carbocycles. The number of benzene rings is 1. The second kappa shape index (κ2) is 8.88. The third-order valence-corrected chi connectivity index (χ3v) is 4.40. The summed E-state index contributed by atoms with van der Waals surface area (Å²) in [7, 11) is 0. The summed E-state index contributed by atoms with van der Waals surface area (Å²) in [6.45, 7) is 1.82. The third kappa shape index (κ3) is 5.32. The molecule has 4 N–H and O–H groups in total. The fourth-order valence-corrected chi connectivity index (χ4v) is 2.81. The minimum absolute atomic E-state index is 0.0209. The number of furan rings is 1. The van der Waals surface area contributed by atoms with E-state index in [4.69, 9.17) is 10.3 Å². The molecule has 0 spiro atoms. The topological polar surface area (TPSA) is 167 Å². The number of carbonyl (C=O) groups is 1. The van der Waals surface area contributed by atoms with Gasteiger partial charge in [-0.15, -0.1) is 10.2 Å². The first-order valence-electron chi connectivity index (χ1n) is 8.15. The van der Waals surface area contributed by atoms with Crippen molar-refractivity contribution >= 4 is 41.2 Å². The normalized spacial score (nSPS) is 10.9. The number of hydrogen-bond donors (Lipinski definition) is 3. The van der Waals surface area contributed by atoms with Crippen molar-refractivity contribution in [2.24, 2.45) is 5.10 Å². The highest BCUT2D eigenvalue weighted by Crippen LogP contribution is 2.19. The first-order chi connectivity index (χ1) is 13.9. The smallest absolute Gasteiger partial charge is 0.271 e. The SMILES string of the molecule is Cc1ccc(/C=N/Nc2nnc(SCC(=O)Nc3cccc([N+](=O)[O-])c3)n2N)o1. The minimum Gasteiger partial charge on any atom is -0.460 e. The Hall–Kier alpha value is -3.87. The summed E-state index contributed by atoms with van der Waals surface area (Å²) in [4.78, 5) is 22.3. The number of aromatic nitrogens is 3. The first-order valence-corrected chi connectivity index (χ1v) is 9.14. The molecular weight excluding hydrogens is 400 g/mol. The molecule has 0 unspecified atom stereocenters. The number of anilines is 2. The van der Waals surface area contributed by atoms with Gasteiger partial charge >= 0.3 is 0 Å². The number of non-ortho nitro benzene ring substituents is 1. The van der Waals surface area contributed by atoms with Crippen LogP contribution in [0.4, 0.5) is 17.3 Å². The van der Waals surface area contributed by atoms with Crippen LogP contribution in [0.25, 0.3) is 0 Å². The molecule has 0 fully saturated rings. The maximum absolute atomic E-state index is 12.1. The van der Waals surface area contributed by atoms with E-state index in [0.717, 1.165) is 22.2 Å². The Kier molecular flexibility index (Phi) is 6.09. The average molecular weight is 416 g/mol. The predicted molar refractivity (Wildman–Crippen MR) is 107 cm³/mol. The molecule has 1 aromatic carbocycles. The van der Waals surface area contributed by atoms with Gasteiger partial charge in [-0.25, -0.2) is 10.1 Å². The lowest BCUT2D eigenvalue weighted by molar-refractivity contribution is -0.384. The van der Waals surface area contributed by atoms with Crippen molar-refractivity contribution in [2.75, 3.05) is 22.3 Å². The van der Waals surface area contributed by atoms with Gasteiger partial charge in [-0.2, -0.15) is 5.10 Å². The van der Waals surface area contributed by atoms with Gasteiger partial charge in [-0.1, -0.05) is 17.8 Å². The lowest BCUT2D eigenvalue weighted by Gasteiger charge is -2.05. The van der Waals surface area contributed by atoms with E-state index >= 15 is 0 Å². The van der Waals surface area contributed by atoms with E-state index in [1.54, 1.807) is 18.2 Å². The number of hydrazone groups is 1. The van der Waals surface area contributed by atoms with Gasteiger partial charge in [0.1, 0.15) is 11.5 Å². The molecule has 0 saturated heterocycles. The van der Waals surface area contributed by atoms with E-state index in [-0.39, 0.29) is 28.5 Å². The Morgan fingerprint density at radius 3 is 2.97 bits per heavy atom. The fourth-order valence-electron chi connectivity index (χ4n) is 2.15. The summed E-state index contributed by atoms with van der Waals surface area (Å²) in [6.07, 6.45) is 1.46. The van der Waals surface area contributed by atoms with Gasteiger partial charge in [0.15, 0.2) is 0 Å². The lowest BCUT2D eigenvalue weighted by Crippen LogP contribution is -2.17. The van der Waals surface area contributed by atoms with E-state index in [1.807, 2.05) is 6.92 Å². The van der Waals surface area contributed by atoms with Gasteiger partial charge in [0.05, 0.1) is 16.9 Å². The van der Waals surface area contributed by atoms with E-state index in [9.17, 15) is 14.9 Å². The second-order valence-electron chi connectivity index (χ2n) is 5.64. The predicted octanol–water partition coefficient (Wildman–Crippen LogP) is 1.98. The zero-order valence-corrected chi connectivity index (χ0v) is 15.9. The van der Waals surface area contributed by atoms with Crippen molar-refractivity contribution in [3.05, 3.63) is 58.0 Å². The van der Waals surface area contributed by atoms with Crippen molar-refractivity contribution in [2.45, 2.75) is 12.1 Å². The molecular formula is C16H16N8O4S. The maximum atomic E-state index is 12.1. The number of thioether (sulfide) groups is 1. The van der Waals surface area contributed by atoms with E-state index in [1.165, 1.54) is 24.4 Å². The number of carbonyl (C=O) groups excluding carboxylic acids is 1. The molecule has 0 atom stereocenters. The summed E-state index contributed by atoms with van der Waals surface area (Å²) in [6, 6.07) is 9.22. The minimum atomic E-state index is -0.536. The Morgan fingerprint density at radius 1 is 1.41 bits per heavy atom. The number of nitro benzene ring substituents is 1. The Morgan fingerprint density at radius 2 is 2.24 bits per heavy atom. The van der Waals surface area contributed by atoms with Crippen LogP contribution in [0.5, 0.6) is 0 Å². The Bertz CT molecular complexity index is 1060. The Balaban J connectivity index is 1.53. The van der Waals surface area contributed by atoms with Gasteiger partial charge in [0, 0.05) is 17.8 Å². The van der Waals surface area contributed by atoms with Crippen molar-refractivity contribution in [1.82, 2.24) is 14.9 Å². The molecule has 3 rings (SSSR count). The fraction of sp³-hybridized carbons (Fsp3) is 0.125. The van der Waals surface area contributed by atoms with Gasteiger partial charge in [0.2, 0.25) is 11.1 Å². The number of rotatable bonds is 8. The summed E-state index contributed by atoms with van der Waals surface area (Å²) >= 11 is 1.05. The number of nitro groups is 1. The highest BCUT2D eigenvalue weighted by molar-refractivity contribution is 7.99. The van der Waals surface area contributed by atoms with Crippen LogP contribution in [0.1, 0.15) is 11.5 Å². The molecule has 29 heavy (non-hydrogen) atoms. The van der Waals surface area contributed by atoms with Gasteiger partial charge < -0.3 is 15.6 Å². The van der Waals surface area contributed by atoms with Crippen LogP contribution in [0.2, 0.25) is 0 Å². The molecule has 13 heteroatoms. The Labute approximate surface area is 168 Å². The van der Waals surface area contributed by atoms with Crippen LogP contribution >= 0.6 is 11.8 Å². The van der Waals surface area contributed by atoms with Crippen LogP contribution in [0, 0.1) is 17.0 Å². The van der Waals surface area contributed by atoms with Gasteiger partial charge in [-0.05, 0) is 25.1 Å². The van der Waals surface area contributed by atoms with Crippen molar-refractivity contribution in [3.63, 3.8) is 0 Å². The summed E-state index contributed by atoms with van der Waals surface area (Å²) in [5.74, 6) is 6.98. The molecule has 150 valence electrons. The van der Waals surface area contributed by atoms with Crippen LogP contribution < -0.4 is 16.6 Å². The summed E-state index contributed by atoms with van der Waals surface area (Å²) < 4.78 is 6.49. The molecule has 0 aliphatic carbocycles. The molecule has 12 nitrogen and oxygen atoms in total. The number of nitrogens with zero attached hydrogens (tertiary/aromatic N) is 5. The van der Waals surface area contributed by atoms with Crippen LogP contribution in [0.3, 0.4) is 0 Å². The number of nitrogens with two attached hydrogens (primary N) is 1. The molecule has 0 bridgehead atoms. The molecule has 3 aromatic rings. The highest BCUT2D eigenvalue weighted by Gasteiger charge is 2.13. The zero-order valence-electron chi connectivity index (χ0n) is 15.1. The van der Waals surface area contributed by atoms with Gasteiger partial charge in [0.25, 0.3) is 11.6 Å². The summed E-state index contributed by atoms with van der Waals surface area (Å²) in [5.41, 5.74) is 2.84. The molecule has 0 aliphatic rings. The monoisotopic (exact) mass is 416 g/mol. The summed E-state index contributed by atoms with van der Waals surface area (Å²) in [5, 5.41) is 25.3. The lowest BCUT2D eigenvalue weighted by atomic mass is 10.3.